The molecular weight excluding hydrogens is 657 g/mol. The van der Waals surface area contributed by atoms with Crippen LogP contribution in [-0.4, -0.2) is 0 Å². The van der Waals surface area contributed by atoms with E-state index >= 15 is 0 Å². The highest BCUT2D eigenvalue weighted by atomic mass is 16.3. The van der Waals surface area contributed by atoms with E-state index in [9.17, 15) is 0 Å². The molecule has 2 aromatic heterocycles. The normalized spacial score (nSPS) is 15.8. The summed E-state index contributed by atoms with van der Waals surface area (Å²) in [5.74, 6) is 0. The largest absolute Gasteiger partial charge is 0.456 e. The van der Waals surface area contributed by atoms with Crippen LogP contribution in [0.3, 0.4) is 0 Å². The SMILES string of the molecule is C1=CC/C(c2ccccc2)=C\C=C(\c2c3ccccc3c(-c3ccc4oc5cc6ccc7oc8ccccc8c7c6cc5c4c3)c3ccccc23)CC=C1. The number of para-hydroxylation sites is 1. The lowest BCUT2D eigenvalue weighted by Gasteiger charge is -2.19. The molecule has 0 aliphatic heterocycles. The molecule has 0 amide bonds. The topological polar surface area (TPSA) is 26.3 Å². The van der Waals surface area contributed by atoms with Gasteiger partial charge in [0.15, 0.2) is 0 Å². The standard InChI is InChI=1S/C52H34O2/c1-2-5-17-35(25-24-34(16-4-1)33-14-6-3-7-15-33)50-38-18-8-10-20-40(38)51(41-21-11-9-19-39(41)50)37-27-28-47-44(30-37)45-32-43-36(31-49(45)54-47)26-29-48-52(43)42-22-12-13-23-46(42)53-48/h1-15,18-32H,16-17H2/b4-1?,5-2?,34-24+,35-25+. The Bertz CT molecular complexity index is 3200. The van der Waals surface area contributed by atoms with Crippen LogP contribution in [0.4, 0.5) is 0 Å². The molecule has 0 spiro atoms. The highest BCUT2D eigenvalue weighted by Gasteiger charge is 2.19. The maximum atomic E-state index is 6.54. The number of fused-ring (bicyclic) bond motifs is 10. The minimum absolute atomic E-state index is 0.830. The molecule has 2 heteroatoms. The Kier molecular flexibility index (Phi) is 7.03. The van der Waals surface area contributed by atoms with Crippen LogP contribution in [0.15, 0.2) is 191 Å². The Balaban J connectivity index is 1.14. The summed E-state index contributed by atoms with van der Waals surface area (Å²) in [6, 6.07) is 52.3. The first-order valence-corrected chi connectivity index (χ1v) is 18.7. The summed E-state index contributed by atoms with van der Waals surface area (Å²) >= 11 is 0. The van der Waals surface area contributed by atoms with Crippen molar-refractivity contribution in [3.63, 3.8) is 0 Å². The smallest absolute Gasteiger partial charge is 0.136 e. The average Bonchev–Trinajstić information content (AvgIpc) is 3.79. The predicted octanol–water partition coefficient (Wildman–Crippen LogP) is 15.0. The van der Waals surface area contributed by atoms with Crippen molar-refractivity contribution < 1.29 is 8.83 Å². The van der Waals surface area contributed by atoms with Crippen molar-refractivity contribution in [2.75, 3.05) is 0 Å². The fourth-order valence-electron chi connectivity index (χ4n) is 8.69. The Morgan fingerprint density at radius 1 is 0.352 bits per heavy atom. The minimum Gasteiger partial charge on any atom is -0.456 e. The molecule has 0 atom stereocenters. The van der Waals surface area contributed by atoms with Gasteiger partial charge in [-0.1, -0.05) is 146 Å². The van der Waals surface area contributed by atoms with Crippen LogP contribution in [-0.2, 0) is 0 Å². The molecular formula is C52H34O2. The second kappa shape index (κ2) is 12.4. The van der Waals surface area contributed by atoms with Gasteiger partial charge in [0, 0.05) is 21.5 Å². The van der Waals surface area contributed by atoms with E-state index in [0.717, 1.165) is 62.1 Å². The summed E-state index contributed by atoms with van der Waals surface area (Å²) in [5.41, 5.74) is 11.1. The second-order valence-corrected chi connectivity index (χ2v) is 14.3. The summed E-state index contributed by atoms with van der Waals surface area (Å²) in [5, 5.41) is 11.8. The first-order chi connectivity index (χ1) is 26.8. The van der Waals surface area contributed by atoms with Crippen molar-refractivity contribution in [1.82, 2.24) is 0 Å². The van der Waals surface area contributed by atoms with Crippen molar-refractivity contribution in [2.45, 2.75) is 12.8 Å². The maximum absolute atomic E-state index is 6.54. The van der Waals surface area contributed by atoms with E-state index in [1.807, 2.05) is 12.1 Å². The van der Waals surface area contributed by atoms with Gasteiger partial charge >= 0.3 is 0 Å². The molecule has 0 saturated heterocycles. The summed E-state index contributed by atoms with van der Waals surface area (Å²) in [6.07, 6.45) is 15.3. The number of allylic oxidation sites excluding steroid dienone is 8. The number of hydrogen-bond acceptors (Lipinski definition) is 2. The molecule has 254 valence electrons. The van der Waals surface area contributed by atoms with Crippen molar-refractivity contribution in [2.24, 2.45) is 0 Å². The lowest BCUT2D eigenvalue weighted by atomic mass is 9.84. The van der Waals surface area contributed by atoms with Gasteiger partial charge in [0.25, 0.3) is 0 Å². The molecule has 0 N–H and O–H groups in total. The number of furan rings is 2. The lowest BCUT2D eigenvalue weighted by Crippen LogP contribution is -1.94. The third-order valence-corrected chi connectivity index (χ3v) is 11.2. The van der Waals surface area contributed by atoms with Gasteiger partial charge in [-0.15, -0.1) is 0 Å². The molecule has 11 rings (SSSR count). The third-order valence-electron chi connectivity index (χ3n) is 11.2. The molecule has 1 aliphatic rings. The summed E-state index contributed by atoms with van der Waals surface area (Å²) in [7, 11) is 0. The summed E-state index contributed by atoms with van der Waals surface area (Å²) in [4.78, 5) is 0. The first kappa shape index (κ1) is 30.7. The molecule has 0 bridgehead atoms. The molecule has 2 nitrogen and oxygen atoms in total. The minimum atomic E-state index is 0.830. The average molecular weight is 691 g/mol. The number of rotatable bonds is 3. The monoisotopic (exact) mass is 690 g/mol. The third kappa shape index (κ3) is 4.88. The molecule has 1 aliphatic carbocycles. The van der Waals surface area contributed by atoms with Gasteiger partial charge in [-0.2, -0.15) is 0 Å². The summed E-state index contributed by atoms with van der Waals surface area (Å²) in [6.45, 7) is 0. The van der Waals surface area contributed by atoms with Crippen LogP contribution < -0.4 is 0 Å². The van der Waals surface area contributed by atoms with E-state index in [-0.39, 0.29) is 0 Å². The van der Waals surface area contributed by atoms with Gasteiger partial charge < -0.3 is 8.83 Å². The van der Waals surface area contributed by atoms with Gasteiger partial charge in [-0.25, -0.2) is 0 Å². The van der Waals surface area contributed by atoms with Crippen LogP contribution in [0, 0.1) is 0 Å². The van der Waals surface area contributed by atoms with E-state index in [2.05, 4.69) is 170 Å². The molecule has 54 heavy (non-hydrogen) atoms. The highest BCUT2D eigenvalue weighted by molar-refractivity contribution is 6.24. The summed E-state index contributed by atoms with van der Waals surface area (Å²) < 4.78 is 12.8. The second-order valence-electron chi connectivity index (χ2n) is 14.3. The van der Waals surface area contributed by atoms with Crippen LogP contribution in [0.1, 0.15) is 24.0 Å². The van der Waals surface area contributed by atoms with Crippen molar-refractivity contribution in [3.8, 4) is 11.1 Å². The Morgan fingerprint density at radius 3 is 1.69 bits per heavy atom. The molecule has 0 unspecified atom stereocenters. The van der Waals surface area contributed by atoms with Gasteiger partial charge in [0.05, 0.1) is 0 Å². The molecule has 0 saturated carbocycles. The van der Waals surface area contributed by atoms with Gasteiger partial charge in [0.2, 0.25) is 0 Å². The fraction of sp³-hybridized carbons (Fsp3) is 0.0385. The lowest BCUT2D eigenvalue weighted by molar-refractivity contribution is 0.668. The molecule has 8 aromatic carbocycles. The zero-order valence-corrected chi connectivity index (χ0v) is 29.6. The van der Waals surface area contributed by atoms with Crippen LogP contribution in [0.2, 0.25) is 0 Å². The van der Waals surface area contributed by atoms with Crippen LogP contribution in [0.25, 0.3) is 98.5 Å². The molecule has 2 heterocycles. The molecule has 0 radical (unpaired) electrons. The van der Waals surface area contributed by atoms with E-state index < -0.39 is 0 Å². The van der Waals surface area contributed by atoms with E-state index in [4.69, 9.17) is 8.83 Å². The zero-order valence-electron chi connectivity index (χ0n) is 29.6. The maximum Gasteiger partial charge on any atom is 0.136 e. The number of hydrogen-bond donors (Lipinski definition) is 0. The van der Waals surface area contributed by atoms with Gasteiger partial charge in [-0.05, 0) is 115 Å². The zero-order chi connectivity index (χ0) is 35.6. The van der Waals surface area contributed by atoms with Crippen molar-refractivity contribution in [3.05, 3.63) is 193 Å². The van der Waals surface area contributed by atoms with Crippen LogP contribution >= 0.6 is 0 Å². The van der Waals surface area contributed by atoms with Gasteiger partial charge in [-0.3, -0.25) is 0 Å². The fourth-order valence-corrected chi connectivity index (χ4v) is 8.69. The van der Waals surface area contributed by atoms with Crippen molar-refractivity contribution in [1.29, 1.82) is 0 Å². The Morgan fingerprint density at radius 2 is 0.926 bits per heavy atom. The Hall–Kier alpha value is -6.90. The van der Waals surface area contributed by atoms with E-state index in [1.54, 1.807) is 0 Å². The quantitative estimate of drug-likeness (QED) is 0.173. The molecule has 0 fully saturated rings. The van der Waals surface area contributed by atoms with Crippen LogP contribution in [0.5, 0.6) is 0 Å². The number of benzene rings is 8. The Labute approximate surface area is 312 Å². The van der Waals surface area contributed by atoms with Gasteiger partial charge in [0.1, 0.15) is 22.3 Å². The van der Waals surface area contributed by atoms with E-state index in [1.165, 1.54) is 60.3 Å². The highest BCUT2D eigenvalue weighted by Crippen LogP contribution is 2.45. The van der Waals surface area contributed by atoms with E-state index in [0.29, 0.717) is 0 Å². The van der Waals surface area contributed by atoms with Crippen molar-refractivity contribution >= 4 is 87.3 Å². The molecule has 10 aromatic rings. The first-order valence-electron chi connectivity index (χ1n) is 18.7. The predicted molar refractivity (Wildman–Crippen MR) is 229 cm³/mol.